The van der Waals surface area contributed by atoms with Crippen LogP contribution in [-0.4, -0.2) is 9.13 Å². The van der Waals surface area contributed by atoms with E-state index >= 15 is 0 Å². The molecule has 0 spiro atoms. The first-order valence-electron chi connectivity index (χ1n) is 10.1. The minimum atomic E-state index is 0.0410. The van der Waals surface area contributed by atoms with Crippen LogP contribution in [0.25, 0.3) is 22.2 Å². The maximum atomic E-state index is 12.7. The molecule has 5 rings (SSSR count). The molecule has 3 aromatic carbocycles. The number of fused-ring (bicyclic) bond motifs is 1. The Morgan fingerprint density at radius 1 is 1.00 bits per heavy atom. The van der Waals surface area contributed by atoms with Gasteiger partial charge in [-0.05, 0) is 66.3 Å². The monoisotopic (exact) mass is 395 g/mol. The summed E-state index contributed by atoms with van der Waals surface area (Å²) in [7, 11) is 1.83. The SMILES string of the molecule is Cn1c(=O)n(CC2CC2)c2ccc(-c3cccc(Oc4ccccc4C#N)c3)cc21. The van der Waals surface area contributed by atoms with Gasteiger partial charge in [-0.1, -0.05) is 30.3 Å². The molecule has 1 heterocycles. The number of aromatic nitrogens is 2. The van der Waals surface area contributed by atoms with Crippen LogP contribution >= 0.6 is 0 Å². The maximum Gasteiger partial charge on any atom is 0.328 e. The Kier molecular flexibility index (Phi) is 4.40. The second-order valence-corrected chi connectivity index (χ2v) is 7.84. The van der Waals surface area contributed by atoms with Gasteiger partial charge < -0.3 is 4.74 Å². The van der Waals surface area contributed by atoms with E-state index in [0.29, 0.717) is 23.0 Å². The molecule has 30 heavy (non-hydrogen) atoms. The minimum Gasteiger partial charge on any atom is -0.456 e. The second-order valence-electron chi connectivity index (χ2n) is 7.84. The van der Waals surface area contributed by atoms with Crippen LogP contribution in [0, 0.1) is 17.2 Å². The van der Waals surface area contributed by atoms with Crippen molar-refractivity contribution in [1.29, 1.82) is 5.26 Å². The molecule has 1 fully saturated rings. The molecule has 0 atom stereocenters. The van der Waals surface area contributed by atoms with Crippen LogP contribution < -0.4 is 10.4 Å². The van der Waals surface area contributed by atoms with Crippen LogP contribution in [0.15, 0.2) is 71.5 Å². The second kappa shape index (κ2) is 7.23. The third kappa shape index (κ3) is 3.27. The molecule has 148 valence electrons. The Morgan fingerprint density at radius 2 is 1.80 bits per heavy atom. The van der Waals surface area contributed by atoms with Gasteiger partial charge in [-0.3, -0.25) is 9.13 Å². The van der Waals surface area contributed by atoms with Gasteiger partial charge in [0, 0.05) is 13.6 Å². The van der Waals surface area contributed by atoms with Gasteiger partial charge in [0.25, 0.3) is 0 Å². The van der Waals surface area contributed by atoms with Crippen molar-refractivity contribution in [2.24, 2.45) is 13.0 Å². The Bertz CT molecular complexity index is 1350. The summed E-state index contributed by atoms with van der Waals surface area (Å²) in [5.74, 6) is 1.83. The number of para-hydroxylation sites is 1. The summed E-state index contributed by atoms with van der Waals surface area (Å²) in [5.41, 5.74) is 4.45. The standard InChI is InChI=1S/C25H21N3O2/c1-27-23-14-19(11-12-22(23)28(25(27)29)16-17-9-10-17)18-6-4-7-21(13-18)30-24-8-3-2-5-20(24)15-26/h2-8,11-14,17H,9-10,16H2,1H3. The van der Waals surface area contributed by atoms with E-state index in [9.17, 15) is 10.1 Å². The average molecular weight is 395 g/mol. The molecule has 1 aliphatic rings. The summed E-state index contributed by atoms with van der Waals surface area (Å²) in [5, 5.41) is 9.28. The van der Waals surface area contributed by atoms with E-state index in [1.807, 2.05) is 60.1 Å². The maximum absolute atomic E-state index is 12.7. The fraction of sp³-hybridized carbons (Fsp3) is 0.200. The van der Waals surface area contributed by atoms with E-state index in [2.05, 4.69) is 12.1 Å². The number of rotatable bonds is 5. The topological polar surface area (TPSA) is 59.9 Å². The lowest BCUT2D eigenvalue weighted by Crippen LogP contribution is -2.22. The van der Waals surface area contributed by atoms with E-state index in [-0.39, 0.29) is 5.69 Å². The summed E-state index contributed by atoms with van der Waals surface area (Å²) in [6, 6.07) is 23.3. The highest BCUT2D eigenvalue weighted by atomic mass is 16.5. The number of nitriles is 1. The first-order valence-corrected chi connectivity index (χ1v) is 10.1. The molecule has 5 nitrogen and oxygen atoms in total. The lowest BCUT2D eigenvalue weighted by Gasteiger charge is -2.09. The zero-order chi connectivity index (χ0) is 20.7. The molecule has 0 N–H and O–H groups in total. The normalized spacial score (nSPS) is 13.3. The van der Waals surface area contributed by atoms with Crippen LogP contribution in [0.1, 0.15) is 18.4 Å². The largest absolute Gasteiger partial charge is 0.456 e. The van der Waals surface area contributed by atoms with Gasteiger partial charge in [0.15, 0.2) is 0 Å². The first kappa shape index (κ1) is 18.3. The highest BCUT2D eigenvalue weighted by Gasteiger charge is 2.24. The quantitative estimate of drug-likeness (QED) is 0.473. The summed E-state index contributed by atoms with van der Waals surface area (Å²) in [6.45, 7) is 0.803. The molecule has 1 saturated carbocycles. The third-order valence-electron chi connectivity index (χ3n) is 5.69. The van der Waals surface area contributed by atoms with Crippen molar-refractivity contribution in [3.63, 3.8) is 0 Å². The number of hydrogen-bond donors (Lipinski definition) is 0. The molecule has 0 radical (unpaired) electrons. The highest BCUT2D eigenvalue weighted by Crippen LogP contribution is 2.33. The molecule has 1 aromatic heterocycles. The Labute approximate surface area is 174 Å². The van der Waals surface area contributed by atoms with Crippen molar-refractivity contribution >= 4 is 11.0 Å². The number of hydrogen-bond acceptors (Lipinski definition) is 3. The molecule has 0 unspecified atom stereocenters. The van der Waals surface area contributed by atoms with E-state index < -0.39 is 0 Å². The number of nitrogens with zero attached hydrogens (tertiary/aromatic N) is 3. The average Bonchev–Trinajstić information content (AvgIpc) is 3.57. The molecule has 4 aromatic rings. The Morgan fingerprint density at radius 3 is 2.60 bits per heavy atom. The van der Waals surface area contributed by atoms with E-state index in [1.54, 1.807) is 16.7 Å². The summed E-state index contributed by atoms with van der Waals surface area (Å²) in [4.78, 5) is 12.7. The summed E-state index contributed by atoms with van der Waals surface area (Å²) >= 11 is 0. The lowest BCUT2D eigenvalue weighted by molar-refractivity contribution is 0.481. The lowest BCUT2D eigenvalue weighted by atomic mass is 10.0. The predicted octanol–water partition coefficient (Wildman–Crippen LogP) is 5.08. The van der Waals surface area contributed by atoms with Crippen molar-refractivity contribution in [3.05, 3.63) is 82.8 Å². The Hall–Kier alpha value is -3.78. The van der Waals surface area contributed by atoms with Gasteiger partial charge >= 0.3 is 5.69 Å². The number of ether oxygens (including phenoxy) is 1. The van der Waals surface area contributed by atoms with Gasteiger partial charge in [0.1, 0.15) is 17.6 Å². The predicted molar refractivity (Wildman–Crippen MR) is 117 cm³/mol. The molecule has 0 bridgehead atoms. The van der Waals surface area contributed by atoms with Crippen molar-refractivity contribution in [2.75, 3.05) is 0 Å². The van der Waals surface area contributed by atoms with Crippen LogP contribution in [0.2, 0.25) is 0 Å². The van der Waals surface area contributed by atoms with Crippen molar-refractivity contribution in [3.8, 4) is 28.7 Å². The third-order valence-corrected chi connectivity index (χ3v) is 5.69. The Balaban J connectivity index is 1.51. The van der Waals surface area contributed by atoms with Crippen molar-refractivity contribution in [2.45, 2.75) is 19.4 Å². The van der Waals surface area contributed by atoms with Crippen LogP contribution in [0.3, 0.4) is 0 Å². The molecular weight excluding hydrogens is 374 g/mol. The molecular formula is C25H21N3O2. The number of benzene rings is 3. The van der Waals surface area contributed by atoms with Crippen LogP contribution in [-0.2, 0) is 13.6 Å². The molecule has 0 amide bonds. The molecule has 0 aliphatic heterocycles. The van der Waals surface area contributed by atoms with Gasteiger partial charge in [-0.15, -0.1) is 0 Å². The van der Waals surface area contributed by atoms with E-state index in [1.165, 1.54) is 12.8 Å². The zero-order valence-corrected chi connectivity index (χ0v) is 16.7. The minimum absolute atomic E-state index is 0.0410. The fourth-order valence-corrected chi connectivity index (χ4v) is 3.84. The van der Waals surface area contributed by atoms with Gasteiger partial charge in [0.05, 0.1) is 16.6 Å². The van der Waals surface area contributed by atoms with Crippen LogP contribution in [0.5, 0.6) is 11.5 Å². The molecule has 0 saturated heterocycles. The molecule has 1 aliphatic carbocycles. The van der Waals surface area contributed by atoms with Gasteiger partial charge in [0.2, 0.25) is 0 Å². The zero-order valence-electron chi connectivity index (χ0n) is 16.7. The summed E-state index contributed by atoms with van der Waals surface area (Å²) in [6.07, 6.45) is 2.42. The van der Waals surface area contributed by atoms with Gasteiger partial charge in [-0.2, -0.15) is 5.26 Å². The number of aryl methyl sites for hydroxylation is 1. The smallest absolute Gasteiger partial charge is 0.328 e. The van der Waals surface area contributed by atoms with Crippen molar-refractivity contribution in [1.82, 2.24) is 9.13 Å². The first-order chi connectivity index (χ1) is 14.6. The number of imidazole rings is 1. The fourth-order valence-electron chi connectivity index (χ4n) is 3.84. The van der Waals surface area contributed by atoms with Gasteiger partial charge in [-0.25, -0.2) is 4.79 Å². The van der Waals surface area contributed by atoms with E-state index in [0.717, 1.165) is 28.7 Å². The highest BCUT2D eigenvalue weighted by molar-refractivity contribution is 5.83. The van der Waals surface area contributed by atoms with E-state index in [4.69, 9.17) is 4.74 Å². The molecule has 5 heteroatoms. The van der Waals surface area contributed by atoms with Crippen LogP contribution in [0.4, 0.5) is 0 Å². The summed E-state index contributed by atoms with van der Waals surface area (Å²) < 4.78 is 9.59. The van der Waals surface area contributed by atoms with Crippen molar-refractivity contribution < 1.29 is 4.74 Å².